The summed E-state index contributed by atoms with van der Waals surface area (Å²) in [4.78, 5) is 0. The predicted octanol–water partition coefficient (Wildman–Crippen LogP) is 4.33. The minimum absolute atomic E-state index is 0.263. The summed E-state index contributed by atoms with van der Waals surface area (Å²) in [6.07, 6.45) is 1.15. The second-order valence-corrected chi connectivity index (χ2v) is 11.3. The Labute approximate surface area is 306 Å². The van der Waals surface area contributed by atoms with Crippen LogP contribution in [0.5, 0.6) is 0 Å². The first-order chi connectivity index (χ1) is 24.1. The van der Waals surface area contributed by atoms with Crippen molar-refractivity contribution >= 4 is 0 Å². The van der Waals surface area contributed by atoms with Crippen LogP contribution in [-0.4, -0.2) is 185 Å². The van der Waals surface area contributed by atoms with Gasteiger partial charge in [-0.2, -0.15) is 0 Å². The molecule has 0 aliphatic carbocycles. The molecule has 0 aromatic rings. The molecule has 0 aromatic carbocycles. The molecule has 0 spiro atoms. The van der Waals surface area contributed by atoms with Gasteiger partial charge in [0.1, 0.15) is 0 Å². The molecule has 0 aromatic heterocycles. The highest BCUT2D eigenvalue weighted by molar-refractivity contribution is 4.40. The Morgan fingerprint density at radius 1 is 0.220 bits per heavy atom. The third-order valence-corrected chi connectivity index (χ3v) is 5.19. The minimum atomic E-state index is 0.263. The number of methoxy groups -OCH3 is 4. The molecule has 0 atom stereocenters. The van der Waals surface area contributed by atoms with E-state index in [2.05, 4.69) is 0 Å². The van der Waals surface area contributed by atoms with E-state index in [9.17, 15) is 0 Å². The lowest BCUT2D eigenvalue weighted by Crippen LogP contribution is -2.14. The third kappa shape index (κ3) is 73.0. The van der Waals surface area contributed by atoms with Crippen LogP contribution in [0.1, 0.15) is 55.4 Å². The molecular weight excluding hydrogens is 656 g/mol. The summed E-state index contributed by atoms with van der Waals surface area (Å²) in [7, 11) is 6.64. The van der Waals surface area contributed by atoms with Crippen LogP contribution in [0.15, 0.2) is 0 Å². The molecule has 0 saturated carbocycles. The van der Waals surface area contributed by atoms with E-state index in [1.54, 1.807) is 28.4 Å². The van der Waals surface area contributed by atoms with E-state index in [0.717, 1.165) is 0 Å². The predicted molar refractivity (Wildman–Crippen MR) is 197 cm³/mol. The van der Waals surface area contributed by atoms with Crippen LogP contribution in [0.25, 0.3) is 0 Å². The highest BCUT2D eigenvalue weighted by Gasteiger charge is 1.96. The summed E-state index contributed by atoms with van der Waals surface area (Å²) >= 11 is 0. The monoisotopic (exact) mass is 737 g/mol. The quantitative estimate of drug-likeness (QED) is 0.0870. The van der Waals surface area contributed by atoms with Gasteiger partial charge in [0.2, 0.25) is 0 Å². The second-order valence-electron chi connectivity index (χ2n) is 11.3. The number of ether oxygens (including phenoxy) is 14. The molecule has 0 aliphatic rings. The molecule has 50 heavy (non-hydrogen) atoms. The fourth-order valence-corrected chi connectivity index (χ4v) is 2.79. The third-order valence-electron chi connectivity index (χ3n) is 5.19. The Morgan fingerprint density at radius 2 is 0.360 bits per heavy atom. The molecule has 0 radical (unpaired) electrons. The van der Waals surface area contributed by atoms with E-state index in [1.807, 2.05) is 55.4 Å². The van der Waals surface area contributed by atoms with E-state index >= 15 is 0 Å². The van der Waals surface area contributed by atoms with E-state index in [4.69, 9.17) is 66.3 Å². The lowest BCUT2D eigenvalue weighted by Gasteiger charge is -2.08. The van der Waals surface area contributed by atoms with Crippen molar-refractivity contribution in [2.24, 2.45) is 0 Å². The summed E-state index contributed by atoms with van der Waals surface area (Å²) in [6.45, 7) is 28.7. The molecule has 0 amide bonds. The Morgan fingerprint density at radius 3 is 0.540 bits per heavy atom. The average Bonchev–Trinajstić information content (AvgIpc) is 3.06. The van der Waals surface area contributed by atoms with Gasteiger partial charge in [-0.25, -0.2) is 0 Å². The lowest BCUT2D eigenvalue weighted by atomic mass is 10.5. The molecule has 0 bridgehead atoms. The first-order valence-corrected chi connectivity index (χ1v) is 18.0. The van der Waals surface area contributed by atoms with Crippen molar-refractivity contribution in [3.63, 3.8) is 0 Å². The second kappa shape index (κ2) is 52.8. The van der Waals surface area contributed by atoms with Crippen LogP contribution in [0.4, 0.5) is 0 Å². The normalized spacial score (nSPS) is 11.0. The lowest BCUT2D eigenvalue weighted by molar-refractivity contribution is -0.0154. The van der Waals surface area contributed by atoms with Crippen molar-refractivity contribution in [1.82, 2.24) is 0 Å². The first-order valence-electron chi connectivity index (χ1n) is 18.0. The van der Waals surface area contributed by atoms with Gasteiger partial charge in [0.15, 0.2) is 0 Å². The summed E-state index contributed by atoms with van der Waals surface area (Å²) in [5.74, 6) is 0. The molecule has 0 unspecified atom stereocenters. The van der Waals surface area contributed by atoms with Crippen LogP contribution in [-0.2, 0) is 66.3 Å². The summed E-state index contributed by atoms with van der Waals surface area (Å²) in [5, 5.41) is 0. The van der Waals surface area contributed by atoms with Gasteiger partial charge >= 0.3 is 0 Å². The molecule has 14 nitrogen and oxygen atoms in total. The van der Waals surface area contributed by atoms with Crippen molar-refractivity contribution in [3.8, 4) is 0 Å². The van der Waals surface area contributed by atoms with Crippen LogP contribution >= 0.6 is 0 Å². The summed E-state index contributed by atoms with van der Waals surface area (Å²) in [5.41, 5.74) is 0. The van der Waals surface area contributed by atoms with Gasteiger partial charge in [-0.05, 0) is 55.4 Å². The molecule has 0 fully saturated rings. The topological polar surface area (TPSA) is 129 Å². The highest BCUT2D eigenvalue weighted by Crippen LogP contribution is 1.90. The van der Waals surface area contributed by atoms with Gasteiger partial charge in [0.25, 0.3) is 0 Å². The standard InChI is InChI=1S/C12H26O5.C10H22O4.C8H18O3.C6H14O2/c1-12(2)17-11-10-16-9-8-15-7-6-14-5-4-13-3;1-10(2)14-9-8-13-7-6-12-5-4-11-3;1-8(2)11-7-6-10-5-4-9-3;1-6(2)8-5-4-7-3/h12H,4-11H2,1-3H3;10H,4-9H2,1-3H3;8H,4-7H2,1-3H3;6H,4-5H2,1-3H3. The zero-order valence-electron chi connectivity index (χ0n) is 34.2. The maximum atomic E-state index is 5.33. The largest absolute Gasteiger partial charge is 0.382 e. The fourth-order valence-electron chi connectivity index (χ4n) is 2.79. The Bertz CT molecular complexity index is 543. The molecule has 14 heteroatoms. The zero-order valence-corrected chi connectivity index (χ0v) is 34.2. The maximum absolute atomic E-state index is 5.33. The van der Waals surface area contributed by atoms with Gasteiger partial charge in [-0.15, -0.1) is 0 Å². The molecule has 0 aliphatic heterocycles. The Kier molecular flexibility index (Phi) is 59.3. The maximum Gasteiger partial charge on any atom is 0.0703 e. The van der Waals surface area contributed by atoms with Gasteiger partial charge in [0, 0.05) is 28.4 Å². The minimum Gasteiger partial charge on any atom is -0.382 e. The van der Waals surface area contributed by atoms with Crippen molar-refractivity contribution in [2.45, 2.75) is 79.8 Å². The van der Waals surface area contributed by atoms with Crippen molar-refractivity contribution in [2.75, 3.05) is 161 Å². The molecule has 0 N–H and O–H groups in total. The van der Waals surface area contributed by atoms with Gasteiger partial charge < -0.3 is 66.3 Å². The van der Waals surface area contributed by atoms with Gasteiger partial charge in [-0.3, -0.25) is 0 Å². The average molecular weight is 737 g/mol. The summed E-state index contributed by atoms with van der Waals surface area (Å²) in [6, 6.07) is 0. The van der Waals surface area contributed by atoms with E-state index in [0.29, 0.717) is 144 Å². The Balaban J connectivity index is -0.000000292. The van der Waals surface area contributed by atoms with Crippen molar-refractivity contribution in [3.05, 3.63) is 0 Å². The number of rotatable bonds is 34. The smallest absolute Gasteiger partial charge is 0.0703 e. The van der Waals surface area contributed by atoms with Gasteiger partial charge in [-0.1, -0.05) is 0 Å². The highest BCUT2D eigenvalue weighted by atomic mass is 16.6. The molecule has 0 rings (SSSR count). The van der Waals surface area contributed by atoms with Crippen LogP contribution in [0.2, 0.25) is 0 Å². The first kappa shape index (κ1) is 56.2. The molecular formula is C36H80O14. The van der Waals surface area contributed by atoms with E-state index < -0.39 is 0 Å². The van der Waals surface area contributed by atoms with Crippen LogP contribution < -0.4 is 0 Å². The zero-order chi connectivity index (χ0) is 38.4. The van der Waals surface area contributed by atoms with Crippen molar-refractivity contribution < 1.29 is 66.3 Å². The Hall–Kier alpha value is -0.560. The molecule has 0 saturated heterocycles. The van der Waals surface area contributed by atoms with Crippen LogP contribution in [0, 0.1) is 0 Å². The number of hydrogen-bond acceptors (Lipinski definition) is 14. The number of hydrogen-bond donors (Lipinski definition) is 0. The SMILES string of the molecule is COCCOC(C)C.COCCOCCOC(C)C.COCCOCCOCCOC(C)C.COCCOCCOCCOCCOC(C)C. The van der Waals surface area contributed by atoms with Crippen molar-refractivity contribution in [1.29, 1.82) is 0 Å². The fraction of sp³-hybridized carbons (Fsp3) is 1.00. The van der Waals surface area contributed by atoms with Gasteiger partial charge in [0.05, 0.1) is 157 Å². The molecule has 0 heterocycles. The van der Waals surface area contributed by atoms with Crippen LogP contribution in [0.3, 0.4) is 0 Å². The van der Waals surface area contributed by atoms with E-state index in [-0.39, 0.29) is 12.2 Å². The van der Waals surface area contributed by atoms with E-state index in [1.165, 1.54) is 0 Å². The molecule has 308 valence electrons. The summed E-state index contributed by atoms with van der Waals surface area (Å²) < 4.78 is 71.8.